The molecule has 0 radical (unpaired) electrons. The molecule has 8 heteroatoms. The van der Waals surface area contributed by atoms with Crippen molar-refractivity contribution in [3.63, 3.8) is 0 Å². The standard InChI is InChI=1S/C24H34N6O2/c1-16-18(14-25-28(16)2)24(32)30-12-7-6-10-21(30)22-26-20-11-13-29(15-19(20)23(31)27-22)17-8-4-3-5-9-17/h14,17,21H,3-13,15H2,1-2H3,(H,26,27,31)/t21-/m1/s1. The van der Waals surface area contributed by atoms with E-state index in [1.54, 1.807) is 10.9 Å². The lowest BCUT2D eigenvalue weighted by molar-refractivity contribution is 0.0597. The van der Waals surface area contributed by atoms with Gasteiger partial charge in [-0.2, -0.15) is 5.10 Å². The number of H-pyrrole nitrogens is 1. The quantitative estimate of drug-likeness (QED) is 0.796. The van der Waals surface area contributed by atoms with Crippen LogP contribution in [0.25, 0.3) is 0 Å². The molecule has 1 saturated heterocycles. The van der Waals surface area contributed by atoms with Crippen LogP contribution in [0, 0.1) is 6.92 Å². The normalized spacial score (nSPS) is 22.7. The van der Waals surface area contributed by atoms with Gasteiger partial charge in [0.2, 0.25) is 0 Å². The number of amides is 1. The highest BCUT2D eigenvalue weighted by Crippen LogP contribution is 2.32. The van der Waals surface area contributed by atoms with Gasteiger partial charge in [0.25, 0.3) is 11.5 Å². The number of likely N-dealkylation sites (tertiary alicyclic amines) is 1. The van der Waals surface area contributed by atoms with Gasteiger partial charge in [0.05, 0.1) is 29.1 Å². The van der Waals surface area contributed by atoms with Crippen LogP contribution in [0.5, 0.6) is 0 Å². The van der Waals surface area contributed by atoms with Gasteiger partial charge in [-0.05, 0) is 39.0 Å². The van der Waals surface area contributed by atoms with Crippen molar-refractivity contribution in [3.8, 4) is 0 Å². The zero-order valence-corrected chi connectivity index (χ0v) is 19.3. The maximum Gasteiger partial charge on any atom is 0.257 e. The minimum absolute atomic E-state index is 0.0239. The molecule has 1 N–H and O–H groups in total. The summed E-state index contributed by atoms with van der Waals surface area (Å²) in [5.41, 5.74) is 3.20. The lowest BCUT2D eigenvalue weighted by Crippen LogP contribution is -2.44. The molecule has 1 saturated carbocycles. The highest BCUT2D eigenvalue weighted by molar-refractivity contribution is 5.95. The summed E-state index contributed by atoms with van der Waals surface area (Å²) in [5, 5.41) is 4.24. The van der Waals surface area contributed by atoms with E-state index in [1.165, 1.54) is 32.1 Å². The Morgan fingerprint density at radius 3 is 2.62 bits per heavy atom. The van der Waals surface area contributed by atoms with Gasteiger partial charge in [-0.25, -0.2) is 4.98 Å². The summed E-state index contributed by atoms with van der Waals surface area (Å²) in [4.78, 5) is 38.9. The van der Waals surface area contributed by atoms with Crippen LogP contribution in [0.2, 0.25) is 0 Å². The van der Waals surface area contributed by atoms with Crippen LogP contribution in [-0.2, 0) is 20.0 Å². The van der Waals surface area contributed by atoms with Gasteiger partial charge >= 0.3 is 0 Å². The van der Waals surface area contributed by atoms with Gasteiger partial charge in [-0.1, -0.05) is 19.3 Å². The molecule has 4 heterocycles. The number of aromatic nitrogens is 4. The van der Waals surface area contributed by atoms with E-state index in [0.29, 0.717) is 30.5 Å². The number of fused-ring (bicyclic) bond motifs is 1. The Bertz CT molecular complexity index is 1050. The van der Waals surface area contributed by atoms with E-state index >= 15 is 0 Å². The Labute approximate surface area is 189 Å². The number of nitrogens with zero attached hydrogens (tertiary/aromatic N) is 5. The lowest BCUT2D eigenvalue weighted by atomic mass is 9.92. The first-order valence-electron chi connectivity index (χ1n) is 12.2. The summed E-state index contributed by atoms with van der Waals surface area (Å²) in [7, 11) is 1.85. The summed E-state index contributed by atoms with van der Waals surface area (Å²) in [6.07, 6.45) is 11.7. The largest absolute Gasteiger partial charge is 0.328 e. The number of nitrogens with one attached hydrogen (secondary N) is 1. The number of piperidine rings is 1. The summed E-state index contributed by atoms with van der Waals surface area (Å²) in [5.74, 6) is 0.624. The van der Waals surface area contributed by atoms with E-state index in [0.717, 1.165) is 49.2 Å². The maximum atomic E-state index is 13.4. The molecular formula is C24H34N6O2. The predicted molar refractivity (Wildman–Crippen MR) is 121 cm³/mol. The third kappa shape index (κ3) is 3.89. The SMILES string of the molecule is Cc1c(C(=O)N2CCCC[C@@H]2c2nc3c(c(=O)[nH]2)CN(C2CCCCC2)CC3)cnn1C. The van der Waals surface area contributed by atoms with Crippen molar-refractivity contribution in [2.45, 2.75) is 83.3 Å². The number of aryl methyl sites for hydroxylation is 1. The van der Waals surface area contributed by atoms with Gasteiger partial charge in [0.1, 0.15) is 5.82 Å². The Morgan fingerprint density at radius 1 is 1.09 bits per heavy atom. The van der Waals surface area contributed by atoms with Crippen molar-refractivity contribution >= 4 is 5.91 Å². The smallest absolute Gasteiger partial charge is 0.257 e. The molecule has 0 spiro atoms. The number of rotatable bonds is 3. The van der Waals surface area contributed by atoms with Crippen LogP contribution in [0.4, 0.5) is 0 Å². The van der Waals surface area contributed by atoms with E-state index in [2.05, 4.69) is 15.0 Å². The van der Waals surface area contributed by atoms with Gasteiger partial charge < -0.3 is 9.88 Å². The molecule has 0 aromatic carbocycles. The minimum Gasteiger partial charge on any atom is -0.328 e. The average molecular weight is 439 g/mol. The summed E-state index contributed by atoms with van der Waals surface area (Å²) >= 11 is 0. The van der Waals surface area contributed by atoms with Crippen molar-refractivity contribution < 1.29 is 4.79 Å². The first-order valence-corrected chi connectivity index (χ1v) is 12.2. The Morgan fingerprint density at radius 2 is 1.88 bits per heavy atom. The fraction of sp³-hybridized carbons (Fsp3) is 0.667. The number of hydrogen-bond donors (Lipinski definition) is 1. The highest BCUT2D eigenvalue weighted by Gasteiger charge is 2.34. The zero-order chi connectivity index (χ0) is 22.2. The van der Waals surface area contributed by atoms with Crippen molar-refractivity contribution in [1.29, 1.82) is 0 Å². The Kier molecular flexibility index (Phi) is 5.88. The summed E-state index contributed by atoms with van der Waals surface area (Å²) in [6, 6.07) is 0.412. The molecular weight excluding hydrogens is 404 g/mol. The van der Waals surface area contributed by atoms with E-state index in [-0.39, 0.29) is 17.5 Å². The second-order valence-corrected chi connectivity index (χ2v) is 9.67. The third-order valence-corrected chi connectivity index (χ3v) is 7.75. The van der Waals surface area contributed by atoms with Gasteiger partial charge in [-0.15, -0.1) is 0 Å². The van der Waals surface area contributed by atoms with Crippen LogP contribution in [0.1, 0.15) is 90.5 Å². The monoisotopic (exact) mass is 438 g/mol. The lowest BCUT2D eigenvalue weighted by Gasteiger charge is -2.38. The highest BCUT2D eigenvalue weighted by atomic mass is 16.2. The van der Waals surface area contributed by atoms with Crippen molar-refractivity contribution in [3.05, 3.63) is 44.9 Å². The van der Waals surface area contributed by atoms with Crippen molar-refractivity contribution in [2.75, 3.05) is 13.1 Å². The summed E-state index contributed by atoms with van der Waals surface area (Å²) < 4.78 is 1.73. The van der Waals surface area contributed by atoms with E-state index < -0.39 is 0 Å². The molecule has 0 unspecified atom stereocenters. The maximum absolute atomic E-state index is 13.4. The Hall–Kier alpha value is -2.48. The first kappa shape index (κ1) is 21.4. The van der Waals surface area contributed by atoms with E-state index in [4.69, 9.17) is 4.98 Å². The van der Waals surface area contributed by atoms with Crippen LogP contribution in [-0.4, -0.2) is 54.6 Å². The molecule has 1 aliphatic carbocycles. The number of aromatic amines is 1. The zero-order valence-electron chi connectivity index (χ0n) is 19.3. The van der Waals surface area contributed by atoms with Gasteiger partial charge in [-0.3, -0.25) is 19.2 Å². The number of carbonyl (C=O) groups is 1. The molecule has 2 aromatic rings. The molecule has 2 fully saturated rings. The van der Waals surface area contributed by atoms with Crippen LogP contribution >= 0.6 is 0 Å². The summed E-state index contributed by atoms with van der Waals surface area (Å²) in [6.45, 7) is 4.25. The minimum atomic E-state index is -0.190. The van der Waals surface area contributed by atoms with E-state index in [9.17, 15) is 9.59 Å². The molecule has 0 bridgehead atoms. The number of hydrogen-bond acceptors (Lipinski definition) is 5. The molecule has 1 amide bonds. The van der Waals surface area contributed by atoms with Crippen LogP contribution in [0.15, 0.2) is 11.0 Å². The van der Waals surface area contributed by atoms with Crippen LogP contribution in [0.3, 0.4) is 0 Å². The van der Waals surface area contributed by atoms with Crippen LogP contribution < -0.4 is 5.56 Å². The Balaban J connectivity index is 1.40. The molecule has 5 rings (SSSR count). The fourth-order valence-corrected chi connectivity index (χ4v) is 5.70. The molecule has 172 valence electrons. The predicted octanol–water partition coefficient (Wildman–Crippen LogP) is 2.87. The molecule has 2 aromatic heterocycles. The second-order valence-electron chi connectivity index (χ2n) is 9.67. The first-order chi connectivity index (χ1) is 15.5. The molecule has 3 aliphatic rings. The fourth-order valence-electron chi connectivity index (χ4n) is 5.70. The molecule has 32 heavy (non-hydrogen) atoms. The molecule has 1 atom stereocenters. The van der Waals surface area contributed by atoms with Gasteiger partial charge in [0.15, 0.2) is 0 Å². The van der Waals surface area contributed by atoms with Crippen molar-refractivity contribution in [1.82, 2.24) is 29.5 Å². The molecule has 8 nitrogen and oxygen atoms in total. The topological polar surface area (TPSA) is 87.1 Å². The van der Waals surface area contributed by atoms with Gasteiger partial charge in [0, 0.05) is 44.8 Å². The third-order valence-electron chi connectivity index (χ3n) is 7.75. The molecule has 2 aliphatic heterocycles. The van der Waals surface area contributed by atoms with E-state index in [1.807, 2.05) is 18.9 Å². The number of carbonyl (C=O) groups excluding carboxylic acids is 1. The average Bonchev–Trinajstić information content (AvgIpc) is 3.17. The van der Waals surface area contributed by atoms with Crippen molar-refractivity contribution in [2.24, 2.45) is 7.05 Å². The second kappa shape index (κ2) is 8.81.